The fraction of sp³-hybridized carbons (Fsp3) is 0.452. The monoisotopic (exact) mass is 736 g/mol. The predicted molar refractivity (Wildman–Crippen MR) is 204 cm³/mol. The molecule has 0 radical (unpaired) electrons. The lowest BCUT2D eigenvalue weighted by Crippen LogP contribution is -2.51. The number of aliphatic hydroxyl groups is 1. The topological polar surface area (TPSA) is 110 Å². The van der Waals surface area contributed by atoms with Crippen LogP contribution in [0.3, 0.4) is 0 Å². The van der Waals surface area contributed by atoms with Gasteiger partial charge in [-0.1, -0.05) is 60.7 Å². The number of thioether (sulfide) groups is 1. The summed E-state index contributed by atoms with van der Waals surface area (Å²) in [6, 6.07) is 21.2. The van der Waals surface area contributed by atoms with Crippen molar-refractivity contribution in [2.75, 3.05) is 32.8 Å². The number of likely N-dealkylation sites (tertiary alicyclic amines) is 2. The van der Waals surface area contributed by atoms with E-state index in [1.165, 1.54) is 0 Å². The van der Waals surface area contributed by atoms with E-state index in [1.54, 1.807) is 0 Å². The quantitative estimate of drug-likeness (QED) is 0.199. The van der Waals surface area contributed by atoms with Crippen LogP contribution in [0.25, 0.3) is 5.57 Å². The lowest BCUT2D eigenvalue weighted by molar-refractivity contribution is -0.141. The molecule has 3 fully saturated rings. The van der Waals surface area contributed by atoms with E-state index in [4.69, 9.17) is 21.3 Å². The Labute approximate surface area is 315 Å². The summed E-state index contributed by atoms with van der Waals surface area (Å²) in [4.78, 5) is 20.4. The van der Waals surface area contributed by atoms with Gasteiger partial charge in [0.2, 0.25) is 0 Å². The summed E-state index contributed by atoms with van der Waals surface area (Å²) in [6.07, 6.45) is 13.1. The Morgan fingerprint density at radius 1 is 1.10 bits per heavy atom. The van der Waals surface area contributed by atoms with Gasteiger partial charge in [-0.05, 0) is 92.0 Å². The summed E-state index contributed by atoms with van der Waals surface area (Å²) in [5.41, 5.74) is 6.93. The highest BCUT2D eigenvalue weighted by Crippen LogP contribution is 2.65. The molecule has 0 amide bonds. The largest absolute Gasteiger partial charge is 0.490 e. The van der Waals surface area contributed by atoms with Gasteiger partial charge in [0.25, 0.3) is 0 Å². The van der Waals surface area contributed by atoms with Crippen LogP contribution in [0.4, 0.5) is 0 Å². The molecule has 10 heteroatoms. The van der Waals surface area contributed by atoms with Gasteiger partial charge in [-0.2, -0.15) is 5.26 Å². The summed E-state index contributed by atoms with van der Waals surface area (Å²) < 4.78 is 5.84. The van der Waals surface area contributed by atoms with Crippen molar-refractivity contribution in [3.05, 3.63) is 113 Å². The summed E-state index contributed by atoms with van der Waals surface area (Å²) in [7, 11) is 0. The van der Waals surface area contributed by atoms with Gasteiger partial charge in [-0.25, -0.2) is 0 Å². The van der Waals surface area contributed by atoms with Crippen LogP contribution < -0.4 is 4.74 Å². The average Bonchev–Trinajstić information content (AvgIpc) is 3.43. The number of benzene rings is 2. The molecule has 4 unspecified atom stereocenters. The number of allylic oxidation sites excluding steroid dienone is 3. The fourth-order valence-electron chi connectivity index (χ4n) is 8.78. The van der Waals surface area contributed by atoms with Crippen molar-refractivity contribution in [3.63, 3.8) is 0 Å². The highest BCUT2D eigenvalue weighted by Gasteiger charge is 2.59. The van der Waals surface area contributed by atoms with E-state index in [9.17, 15) is 20.3 Å². The Hall–Kier alpha value is -3.65. The Morgan fingerprint density at radius 2 is 1.92 bits per heavy atom. The summed E-state index contributed by atoms with van der Waals surface area (Å²) in [6.45, 7) is 6.00. The molecule has 3 heterocycles. The van der Waals surface area contributed by atoms with Gasteiger partial charge in [-0.3, -0.25) is 19.6 Å². The summed E-state index contributed by atoms with van der Waals surface area (Å²) in [5.74, 6) is -0.517. The van der Waals surface area contributed by atoms with E-state index in [0.29, 0.717) is 30.8 Å². The second-order valence-corrected chi connectivity index (χ2v) is 17.8. The number of aromatic nitrogens is 1. The smallest absolute Gasteiger partial charge is 0.307 e. The molecule has 1 aromatic heterocycles. The summed E-state index contributed by atoms with van der Waals surface area (Å²) >= 11 is 9.66. The highest BCUT2D eigenvalue weighted by molar-refractivity contribution is 8.02. The number of carboxylic acid groups (broad SMARTS) is 1. The Morgan fingerprint density at radius 3 is 2.60 bits per heavy atom. The molecule has 8 nitrogen and oxygen atoms in total. The maximum Gasteiger partial charge on any atom is 0.307 e. The van der Waals surface area contributed by atoms with Crippen LogP contribution in [0.15, 0.2) is 79.0 Å². The number of pyridine rings is 1. The van der Waals surface area contributed by atoms with Crippen LogP contribution in [0.5, 0.6) is 5.75 Å². The molecule has 2 N–H and O–H groups in total. The maximum absolute atomic E-state index is 11.7. The van der Waals surface area contributed by atoms with Crippen LogP contribution in [-0.4, -0.2) is 79.5 Å². The van der Waals surface area contributed by atoms with Crippen molar-refractivity contribution < 1.29 is 19.7 Å². The first kappa shape index (κ1) is 35.4. The van der Waals surface area contributed by atoms with Crippen molar-refractivity contribution in [2.24, 2.45) is 5.92 Å². The third-order valence-corrected chi connectivity index (χ3v) is 14.6. The molecule has 0 bridgehead atoms. The number of β-amino-alcohol motifs (C(OH)–C–C–N with tert-alkyl or cyclic N) is 1. The molecule has 3 aliphatic carbocycles. The Bertz CT molecular complexity index is 1940. The van der Waals surface area contributed by atoms with Gasteiger partial charge >= 0.3 is 5.97 Å². The number of carboxylic acids is 1. The van der Waals surface area contributed by atoms with Crippen LogP contribution in [0, 0.1) is 17.2 Å². The van der Waals surface area contributed by atoms with Gasteiger partial charge < -0.3 is 14.9 Å². The lowest BCUT2D eigenvalue weighted by Gasteiger charge is -2.47. The second kappa shape index (κ2) is 14.0. The predicted octanol–water partition coefficient (Wildman–Crippen LogP) is 7.10. The number of nitriles is 1. The molecule has 8 rings (SSSR count). The minimum absolute atomic E-state index is 0.115. The maximum atomic E-state index is 11.7. The molecular weight excluding hydrogens is 692 g/mol. The van der Waals surface area contributed by atoms with Gasteiger partial charge in [0.1, 0.15) is 18.4 Å². The highest BCUT2D eigenvalue weighted by atomic mass is 35.5. The number of fused-ring (bicyclic) bond motifs is 1. The van der Waals surface area contributed by atoms with Crippen LogP contribution in [-0.2, 0) is 22.5 Å². The SMILES string of the molecule is CC1(Cl)C(c2ccccc2)=CC=CC1(COc1ccc2c(c1C#N)CC[C@H]2N1CCC(C(=O)O)C1)SC1(c2ccc(CN3CCC(O)C3)cn2)CC1. The van der Waals surface area contributed by atoms with Crippen molar-refractivity contribution in [3.8, 4) is 11.8 Å². The third-order valence-electron chi connectivity index (χ3n) is 11.9. The van der Waals surface area contributed by atoms with Crippen molar-refractivity contribution in [1.82, 2.24) is 14.8 Å². The summed E-state index contributed by atoms with van der Waals surface area (Å²) in [5, 5.41) is 30.1. The van der Waals surface area contributed by atoms with E-state index in [-0.39, 0.29) is 29.4 Å². The number of carbonyl (C=O) groups is 1. The number of alkyl halides is 1. The zero-order chi connectivity index (χ0) is 36.1. The Balaban J connectivity index is 1.08. The number of aliphatic carboxylic acids is 1. The number of rotatable bonds is 11. The minimum Gasteiger partial charge on any atom is -0.490 e. The van der Waals surface area contributed by atoms with Crippen LogP contribution >= 0.6 is 23.4 Å². The third kappa shape index (κ3) is 6.47. The van der Waals surface area contributed by atoms with Crippen molar-refractivity contribution >= 4 is 34.9 Å². The number of hydrogen-bond acceptors (Lipinski definition) is 8. The molecule has 270 valence electrons. The normalized spacial score (nSPS) is 29.4. The van der Waals surface area contributed by atoms with E-state index >= 15 is 0 Å². The number of hydrogen-bond donors (Lipinski definition) is 2. The molecule has 52 heavy (non-hydrogen) atoms. The average molecular weight is 737 g/mol. The van der Waals surface area contributed by atoms with E-state index in [2.05, 4.69) is 71.4 Å². The first-order chi connectivity index (χ1) is 25.1. The van der Waals surface area contributed by atoms with Crippen molar-refractivity contribution in [2.45, 2.75) is 78.5 Å². The van der Waals surface area contributed by atoms with Gasteiger partial charge in [0.15, 0.2) is 0 Å². The molecule has 2 aliphatic heterocycles. The number of nitrogens with zero attached hydrogens (tertiary/aromatic N) is 4. The van der Waals surface area contributed by atoms with Gasteiger partial charge in [0, 0.05) is 38.4 Å². The molecule has 5 atom stereocenters. The van der Waals surface area contributed by atoms with Crippen LogP contribution in [0.2, 0.25) is 0 Å². The number of halogens is 1. The Kier molecular flexibility index (Phi) is 9.50. The second-order valence-electron chi connectivity index (χ2n) is 15.3. The number of ether oxygens (including phenoxy) is 1. The zero-order valence-electron chi connectivity index (χ0n) is 29.5. The van der Waals surface area contributed by atoms with Crippen molar-refractivity contribution in [1.29, 1.82) is 5.26 Å². The lowest BCUT2D eigenvalue weighted by atomic mass is 9.79. The minimum atomic E-state index is -0.870. The zero-order valence-corrected chi connectivity index (χ0v) is 31.1. The van der Waals surface area contributed by atoms with E-state index in [1.807, 2.05) is 42.2 Å². The van der Waals surface area contributed by atoms with Gasteiger partial charge in [0.05, 0.1) is 37.6 Å². The molecule has 1 saturated carbocycles. The molecule has 5 aliphatic rings. The first-order valence-corrected chi connectivity index (χ1v) is 19.7. The van der Waals surface area contributed by atoms with Crippen LogP contribution in [0.1, 0.15) is 78.6 Å². The molecular formula is C42H45ClN4O4S. The standard InChI is InChI=1S/C42H45ClN4O4S/c1-40(43)35(29-6-3-2-4-7-29)8-5-17-42(40,52-41(18-19-41)38-14-9-28(23-45-38)24-46-20-16-31(48)26-46)27-51-37-13-11-33-32(34(37)22-44)10-12-36(33)47-21-15-30(25-47)39(49)50/h2-9,11,13-14,17,23,30-31,36,48H,10,12,15-16,18-21,24-27H2,1H3,(H,49,50)/t30?,31?,36-,40?,42?/m1/s1. The number of aliphatic hydroxyl groups excluding tert-OH is 1. The van der Waals surface area contributed by atoms with E-state index < -0.39 is 15.6 Å². The van der Waals surface area contributed by atoms with E-state index in [0.717, 1.165) is 85.3 Å². The first-order valence-electron chi connectivity index (χ1n) is 18.5. The fourth-order valence-corrected chi connectivity index (χ4v) is 11.0. The van der Waals surface area contributed by atoms with Gasteiger partial charge in [-0.15, -0.1) is 23.4 Å². The molecule has 3 aromatic rings. The molecule has 2 saturated heterocycles. The molecule has 2 aromatic carbocycles. The molecule has 0 spiro atoms.